The summed E-state index contributed by atoms with van der Waals surface area (Å²) in [6.07, 6.45) is 1.43. The van der Waals surface area contributed by atoms with E-state index in [9.17, 15) is 19.1 Å². The van der Waals surface area contributed by atoms with E-state index in [-0.39, 0.29) is 55.0 Å². The zero-order valence-corrected chi connectivity index (χ0v) is 22.3. The maximum Gasteiger partial charge on any atom is 0.270 e. The summed E-state index contributed by atoms with van der Waals surface area (Å²) < 4.78 is 14.0. The Labute approximate surface area is 223 Å². The van der Waals surface area contributed by atoms with E-state index in [0.29, 0.717) is 12.5 Å². The zero-order valence-electron chi connectivity index (χ0n) is 22.3. The van der Waals surface area contributed by atoms with Crippen molar-refractivity contribution in [2.75, 3.05) is 44.2 Å². The SMILES string of the molecule is Cc1cccc(N2CCN(C(=O)CN=C3CC4CC4/C3=C(/N)C(=O)N3CCC(O)C(F)C3)C3(CC3)C2)c1C. The van der Waals surface area contributed by atoms with E-state index in [1.54, 1.807) is 0 Å². The number of piperazine rings is 1. The van der Waals surface area contributed by atoms with Crippen molar-refractivity contribution in [3.63, 3.8) is 0 Å². The Morgan fingerprint density at radius 1 is 1.21 bits per heavy atom. The van der Waals surface area contributed by atoms with Crippen LogP contribution in [0.15, 0.2) is 34.5 Å². The summed E-state index contributed by atoms with van der Waals surface area (Å²) in [5, 5.41) is 9.67. The quantitative estimate of drug-likeness (QED) is 0.589. The number of anilines is 1. The highest BCUT2D eigenvalue weighted by Crippen LogP contribution is 2.54. The molecule has 2 saturated heterocycles. The van der Waals surface area contributed by atoms with Crippen molar-refractivity contribution in [3.8, 4) is 0 Å². The van der Waals surface area contributed by atoms with Crippen LogP contribution in [-0.2, 0) is 9.59 Å². The summed E-state index contributed by atoms with van der Waals surface area (Å²) in [4.78, 5) is 37.1. The van der Waals surface area contributed by atoms with Crippen LogP contribution >= 0.6 is 0 Å². The first kappa shape index (κ1) is 25.3. The molecule has 204 valence electrons. The highest BCUT2D eigenvalue weighted by atomic mass is 19.1. The average molecular weight is 524 g/mol. The van der Waals surface area contributed by atoms with Gasteiger partial charge < -0.3 is 25.5 Å². The van der Waals surface area contributed by atoms with E-state index in [1.807, 2.05) is 4.90 Å². The van der Waals surface area contributed by atoms with Crippen LogP contribution in [0.25, 0.3) is 0 Å². The molecular weight excluding hydrogens is 485 g/mol. The van der Waals surface area contributed by atoms with E-state index in [2.05, 4.69) is 36.9 Å². The molecule has 1 aromatic carbocycles. The second kappa shape index (κ2) is 9.36. The fraction of sp³-hybridized carbons (Fsp3) is 0.621. The summed E-state index contributed by atoms with van der Waals surface area (Å²) in [6, 6.07) is 6.41. The van der Waals surface area contributed by atoms with Gasteiger partial charge in [-0.05, 0) is 75.0 Å². The number of hydrogen-bond acceptors (Lipinski definition) is 6. The molecule has 5 aliphatic rings. The summed E-state index contributed by atoms with van der Waals surface area (Å²) in [6.45, 7) is 6.81. The minimum Gasteiger partial charge on any atom is -0.394 e. The zero-order chi connectivity index (χ0) is 26.8. The summed E-state index contributed by atoms with van der Waals surface area (Å²) >= 11 is 0. The predicted octanol–water partition coefficient (Wildman–Crippen LogP) is 2.11. The average Bonchev–Trinajstić information content (AvgIpc) is 3.82. The van der Waals surface area contributed by atoms with Gasteiger partial charge in [0.25, 0.3) is 5.91 Å². The number of halogens is 1. The van der Waals surface area contributed by atoms with Crippen LogP contribution in [0.5, 0.6) is 0 Å². The van der Waals surface area contributed by atoms with Gasteiger partial charge in [0.1, 0.15) is 18.4 Å². The molecule has 4 atom stereocenters. The molecule has 0 radical (unpaired) electrons. The maximum atomic E-state index is 14.0. The molecule has 9 heteroatoms. The molecule has 3 N–H and O–H groups in total. The topological polar surface area (TPSA) is 102 Å². The number of likely N-dealkylation sites (tertiary alicyclic amines) is 1. The lowest BCUT2D eigenvalue weighted by Gasteiger charge is -2.43. The van der Waals surface area contributed by atoms with Crippen LogP contribution in [0, 0.1) is 25.7 Å². The first-order valence-electron chi connectivity index (χ1n) is 13.9. The van der Waals surface area contributed by atoms with Gasteiger partial charge in [-0.1, -0.05) is 12.1 Å². The number of carbonyl (C=O) groups is 2. The minimum atomic E-state index is -1.46. The summed E-state index contributed by atoms with van der Waals surface area (Å²) in [7, 11) is 0. The number of carbonyl (C=O) groups excluding carboxylic acids is 2. The normalized spacial score (nSPS) is 32.0. The molecule has 38 heavy (non-hydrogen) atoms. The number of aryl methyl sites for hydroxylation is 1. The van der Waals surface area contributed by atoms with Gasteiger partial charge >= 0.3 is 0 Å². The van der Waals surface area contributed by atoms with Gasteiger partial charge in [-0.25, -0.2) is 4.39 Å². The van der Waals surface area contributed by atoms with Gasteiger partial charge in [0, 0.05) is 43.2 Å². The van der Waals surface area contributed by atoms with Gasteiger partial charge in [-0.15, -0.1) is 0 Å². The van der Waals surface area contributed by atoms with Gasteiger partial charge in [0.15, 0.2) is 0 Å². The standard InChI is InChI=1S/C29H38FN5O3/c1-17-4-3-5-23(18(17)2)34-10-11-35(29(16-34)7-8-29)25(37)14-32-22-13-19-12-20(19)26(22)27(31)28(38)33-9-6-24(36)21(30)15-33/h3-5,19-21,24,36H,6-16,31H2,1-2H3/b27-26-,32-22?. The van der Waals surface area contributed by atoms with E-state index in [0.717, 1.165) is 50.1 Å². The smallest absolute Gasteiger partial charge is 0.270 e. The van der Waals surface area contributed by atoms with Crippen molar-refractivity contribution in [2.45, 2.75) is 63.8 Å². The molecule has 1 spiro atoms. The lowest BCUT2D eigenvalue weighted by Crippen LogP contribution is -2.57. The monoisotopic (exact) mass is 523 g/mol. The number of benzene rings is 1. The van der Waals surface area contributed by atoms with Crippen molar-refractivity contribution in [3.05, 3.63) is 40.6 Å². The number of aliphatic hydroxyl groups excluding tert-OH is 1. The van der Waals surface area contributed by atoms with Crippen LogP contribution < -0.4 is 10.6 Å². The number of nitrogens with zero attached hydrogens (tertiary/aromatic N) is 4. The van der Waals surface area contributed by atoms with Crippen molar-refractivity contribution >= 4 is 23.2 Å². The van der Waals surface area contributed by atoms with Crippen LogP contribution in [-0.4, -0.2) is 89.5 Å². The third kappa shape index (κ3) is 4.38. The number of aliphatic imine (C=N–C) groups is 1. The van der Waals surface area contributed by atoms with E-state index in [1.165, 1.54) is 21.7 Å². The molecule has 1 aromatic rings. The number of fused-ring (bicyclic) bond motifs is 1. The molecule has 0 bridgehead atoms. The Kier molecular flexibility index (Phi) is 6.24. The third-order valence-electron chi connectivity index (χ3n) is 9.48. The van der Waals surface area contributed by atoms with Gasteiger partial charge in [0.05, 0.1) is 18.2 Å². The molecule has 2 amide bonds. The number of hydrogen-bond donors (Lipinski definition) is 2. The molecule has 3 saturated carbocycles. The molecule has 2 aliphatic heterocycles. The molecule has 4 unspecified atom stereocenters. The van der Waals surface area contributed by atoms with E-state index >= 15 is 0 Å². The number of piperidine rings is 1. The third-order valence-corrected chi connectivity index (χ3v) is 9.48. The van der Waals surface area contributed by atoms with Gasteiger partial charge in [-0.2, -0.15) is 0 Å². The number of nitrogens with two attached hydrogens (primary N) is 1. The lowest BCUT2D eigenvalue weighted by atomic mass is 10.0. The van der Waals surface area contributed by atoms with E-state index in [4.69, 9.17) is 10.7 Å². The maximum absolute atomic E-state index is 14.0. The molecule has 2 heterocycles. The molecule has 8 nitrogen and oxygen atoms in total. The largest absolute Gasteiger partial charge is 0.394 e. The number of amides is 2. The Morgan fingerprint density at radius 3 is 2.74 bits per heavy atom. The second-order valence-corrected chi connectivity index (χ2v) is 11.9. The summed E-state index contributed by atoms with van der Waals surface area (Å²) in [5.74, 6) is 0.282. The Morgan fingerprint density at radius 2 is 2.00 bits per heavy atom. The van der Waals surface area contributed by atoms with Crippen molar-refractivity contribution in [1.29, 1.82) is 0 Å². The fourth-order valence-corrected chi connectivity index (χ4v) is 6.74. The van der Waals surface area contributed by atoms with Crippen molar-refractivity contribution < 1.29 is 19.1 Å². The summed E-state index contributed by atoms with van der Waals surface area (Å²) in [5.41, 5.74) is 11.7. The van der Waals surface area contributed by atoms with Gasteiger partial charge in [0.2, 0.25) is 5.91 Å². The molecule has 0 aromatic heterocycles. The highest BCUT2D eigenvalue weighted by molar-refractivity contribution is 6.11. The fourth-order valence-electron chi connectivity index (χ4n) is 6.74. The Hall–Kier alpha value is -2.94. The predicted molar refractivity (Wildman–Crippen MR) is 144 cm³/mol. The van der Waals surface area contributed by atoms with Gasteiger partial charge in [-0.3, -0.25) is 14.6 Å². The number of alkyl halides is 1. The van der Waals surface area contributed by atoms with Crippen LogP contribution in [0.4, 0.5) is 10.1 Å². The molecular formula is C29H38FN5O3. The van der Waals surface area contributed by atoms with Crippen LogP contribution in [0.1, 0.15) is 43.2 Å². The molecule has 5 fully saturated rings. The lowest BCUT2D eigenvalue weighted by molar-refractivity contribution is -0.133. The Balaban J connectivity index is 1.14. The van der Waals surface area contributed by atoms with Crippen molar-refractivity contribution in [2.24, 2.45) is 22.6 Å². The van der Waals surface area contributed by atoms with E-state index < -0.39 is 12.3 Å². The first-order chi connectivity index (χ1) is 18.2. The highest BCUT2D eigenvalue weighted by Gasteiger charge is 2.54. The number of rotatable bonds is 4. The molecule has 6 rings (SSSR count). The van der Waals surface area contributed by atoms with Crippen molar-refractivity contribution in [1.82, 2.24) is 9.80 Å². The number of aliphatic hydroxyl groups is 1. The molecule has 3 aliphatic carbocycles. The minimum absolute atomic E-state index is 0.0331. The Bertz CT molecular complexity index is 1220. The first-order valence-corrected chi connectivity index (χ1v) is 13.9. The van der Waals surface area contributed by atoms with Crippen LogP contribution in [0.2, 0.25) is 0 Å². The van der Waals surface area contributed by atoms with Crippen LogP contribution in [0.3, 0.4) is 0 Å². The number of allylic oxidation sites excluding steroid dienone is 1. The second-order valence-electron chi connectivity index (χ2n) is 11.9.